The summed E-state index contributed by atoms with van der Waals surface area (Å²) in [4.78, 5) is 27.2. The van der Waals surface area contributed by atoms with E-state index in [1.807, 2.05) is 12.3 Å². The van der Waals surface area contributed by atoms with Gasteiger partial charge in [-0.2, -0.15) is 11.8 Å². The first kappa shape index (κ1) is 15.7. The van der Waals surface area contributed by atoms with E-state index >= 15 is 0 Å². The third-order valence-electron chi connectivity index (χ3n) is 3.67. The van der Waals surface area contributed by atoms with Crippen LogP contribution in [0, 0.1) is 0 Å². The van der Waals surface area contributed by atoms with Gasteiger partial charge in [0, 0.05) is 31.6 Å². The van der Waals surface area contributed by atoms with Gasteiger partial charge in [-0.05, 0) is 36.8 Å². The molecule has 0 aromatic heterocycles. The minimum atomic E-state index is -0.933. The Morgan fingerprint density at radius 3 is 2.86 bits per heavy atom. The number of anilines is 1. The number of fused-ring (bicyclic) bond motifs is 1. The van der Waals surface area contributed by atoms with Crippen LogP contribution in [0.25, 0.3) is 0 Å². The molecule has 0 saturated carbocycles. The van der Waals surface area contributed by atoms with Gasteiger partial charge in [-0.25, -0.2) is 9.59 Å². The number of hydrogen-bond acceptors (Lipinski definition) is 3. The van der Waals surface area contributed by atoms with Crippen molar-refractivity contribution in [1.82, 2.24) is 4.90 Å². The molecular weight excluding hydrogens is 288 g/mol. The van der Waals surface area contributed by atoms with Gasteiger partial charge in [0.25, 0.3) is 0 Å². The molecule has 6 heteroatoms. The Hall–Kier alpha value is -1.69. The molecule has 2 rings (SSSR count). The van der Waals surface area contributed by atoms with E-state index in [1.54, 1.807) is 40.7 Å². The van der Waals surface area contributed by atoms with E-state index in [1.165, 1.54) is 0 Å². The van der Waals surface area contributed by atoms with Crippen LogP contribution in [0.3, 0.4) is 0 Å². The zero-order chi connectivity index (χ0) is 15.4. The third-order valence-corrected chi connectivity index (χ3v) is 4.26. The van der Waals surface area contributed by atoms with Crippen molar-refractivity contribution in [2.24, 2.45) is 0 Å². The number of carbonyl (C=O) groups is 2. The van der Waals surface area contributed by atoms with Crippen molar-refractivity contribution < 1.29 is 14.7 Å². The molecule has 0 radical (unpaired) electrons. The molecule has 114 valence electrons. The highest BCUT2D eigenvalue weighted by Gasteiger charge is 2.27. The van der Waals surface area contributed by atoms with Crippen LogP contribution in [-0.4, -0.2) is 54.2 Å². The average molecular weight is 308 g/mol. The fourth-order valence-electron chi connectivity index (χ4n) is 2.55. The van der Waals surface area contributed by atoms with E-state index in [0.717, 1.165) is 23.4 Å². The number of carboxylic acids is 1. The molecule has 1 aliphatic heterocycles. The minimum Gasteiger partial charge on any atom is -0.478 e. The molecule has 0 spiro atoms. The van der Waals surface area contributed by atoms with Crippen molar-refractivity contribution in [3.8, 4) is 0 Å². The summed E-state index contributed by atoms with van der Waals surface area (Å²) in [6, 6.07) is 5.08. The van der Waals surface area contributed by atoms with Crippen molar-refractivity contribution in [3.05, 3.63) is 29.3 Å². The molecule has 0 saturated heterocycles. The number of benzene rings is 1. The van der Waals surface area contributed by atoms with Gasteiger partial charge in [0.15, 0.2) is 0 Å². The van der Waals surface area contributed by atoms with Crippen LogP contribution in [0.5, 0.6) is 0 Å². The normalized spacial score (nSPS) is 13.7. The predicted molar refractivity (Wildman–Crippen MR) is 85.5 cm³/mol. The largest absolute Gasteiger partial charge is 0.478 e. The molecule has 0 fully saturated rings. The van der Waals surface area contributed by atoms with Crippen LogP contribution >= 0.6 is 11.8 Å². The standard InChI is InChI=1S/C15H20N2O3S/c1-16(9-10-21-2)15(20)17-8-4-6-11-12(14(18)19)5-3-7-13(11)17/h3,5,7H,4,6,8-10H2,1-2H3,(H,18,19). The van der Waals surface area contributed by atoms with Gasteiger partial charge in [-0.3, -0.25) is 4.90 Å². The van der Waals surface area contributed by atoms with Crippen LogP contribution in [0.2, 0.25) is 0 Å². The number of thioether (sulfide) groups is 1. The highest BCUT2D eigenvalue weighted by molar-refractivity contribution is 7.98. The van der Waals surface area contributed by atoms with Gasteiger partial charge in [0.1, 0.15) is 0 Å². The molecule has 2 amide bonds. The van der Waals surface area contributed by atoms with Gasteiger partial charge in [0.05, 0.1) is 5.56 Å². The fraction of sp³-hybridized carbons (Fsp3) is 0.467. The molecule has 0 atom stereocenters. The zero-order valence-corrected chi connectivity index (χ0v) is 13.2. The first-order chi connectivity index (χ1) is 10.1. The second kappa shape index (κ2) is 6.85. The molecule has 1 N–H and O–H groups in total. The molecule has 0 unspecified atom stereocenters. The summed E-state index contributed by atoms with van der Waals surface area (Å²) in [5.74, 6) is -0.0464. The fourth-order valence-corrected chi connectivity index (χ4v) is 3.01. The first-order valence-electron chi connectivity index (χ1n) is 6.93. The van der Waals surface area contributed by atoms with Crippen LogP contribution < -0.4 is 4.90 Å². The lowest BCUT2D eigenvalue weighted by molar-refractivity contribution is 0.0695. The Morgan fingerprint density at radius 1 is 1.43 bits per heavy atom. The van der Waals surface area contributed by atoms with Crippen LogP contribution in [0.4, 0.5) is 10.5 Å². The number of carbonyl (C=O) groups excluding carboxylic acids is 1. The van der Waals surface area contributed by atoms with Crippen molar-refractivity contribution in [2.75, 3.05) is 37.0 Å². The van der Waals surface area contributed by atoms with Gasteiger partial charge in [-0.1, -0.05) is 6.07 Å². The lowest BCUT2D eigenvalue weighted by Crippen LogP contribution is -2.44. The maximum Gasteiger partial charge on any atom is 0.336 e. The van der Waals surface area contributed by atoms with E-state index in [-0.39, 0.29) is 6.03 Å². The maximum atomic E-state index is 12.5. The van der Waals surface area contributed by atoms with Crippen molar-refractivity contribution in [2.45, 2.75) is 12.8 Å². The smallest absolute Gasteiger partial charge is 0.336 e. The molecule has 0 bridgehead atoms. The van der Waals surface area contributed by atoms with E-state index in [2.05, 4.69) is 0 Å². The van der Waals surface area contributed by atoms with Crippen molar-refractivity contribution in [1.29, 1.82) is 0 Å². The number of nitrogens with zero attached hydrogens (tertiary/aromatic N) is 2. The summed E-state index contributed by atoms with van der Waals surface area (Å²) in [7, 11) is 1.79. The van der Waals surface area contributed by atoms with Crippen LogP contribution in [0.1, 0.15) is 22.3 Å². The van der Waals surface area contributed by atoms with E-state index in [4.69, 9.17) is 0 Å². The lowest BCUT2D eigenvalue weighted by atomic mass is 9.96. The third kappa shape index (κ3) is 3.32. The Balaban J connectivity index is 2.28. The zero-order valence-electron chi connectivity index (χ0n) is 12.3. The Bertz CT molecular complexity index is 548. The van der Waals surface area contributed by atoms with Crippen LogP contribution in [-0.2, 0) is 6.42 Å². The highest BCUT2D eigenvalue weighted by Crippen LogP contribution is 2.30. The molecular formula is C15H20N2O3S. The Morgan fingerprint density at radius 2 is 2.19 bits per heavy atom. The minimum absolute atomic E-state index is 0.0625. The summed E-state index contributed by atoms with van der Waals surface area (Å²) in [6.45, 7) is 1.32. The number of carboxylic acid groups (broad SMARTS) is 1. The average Bonchev–Trinajstić information content (AvgIpc) is 2.50. The van der Waals surface area contributed by atoms with E-state index in [0.29, 0.717) is 25.1 Å². The van der Waals surface area contributed by atoms with Gasteiger partial charge < -0.3 is 10.0 Å². The van der Waals surface area contributed by atoms with Gasteiger partial charge >= 0.3 is 12.0 Å². The number of aromatic carboxylic acids is 1. The SMILES string of the molecule is CSCCN(C)C(=O)N1CCCc2c(C(=O)O)cccc21. The summed E-state index contributed by atoms with van der Waals surface area (Å²) in [5, 5.41) is 9.27. The maximum absolute atomic E-state index is 12.5. The number of hydrogen-bond donors (Lipinski definition) is 1. The highest BCUT2D eigenvalue weighted by atomic mass is 32.2. The van der Waals surface area contributed by atoms with Gasteiger partial charge in [0.2, 0.25) is 0 Å². The molecule has 1 aliphatic rings. The molecule has 0 aliphatic carbocycles. The molecule has 1 heterocycles. The molecule has 21 heavy (non-hydrogen) atoms. The predicted octanol–water partition coefficient (Wildman–Crippen LogP) is 2.55. The van der Waals surface area contributed by atoms with Gasteiger partial charge in [-0.15, -0.1) is 0 Å². The Kier molecular flexibility index (Phi) is 5.12. The topological polar surface area (TPSA) is 60.9 Å². The van der Waals surface area contributed by atoms with E-state index in [9.17, 15) is 14.7 Å². The summed E-state index contributed by atoms with van der Waals surface area (Å²) in [5.41, 5.74) is 1.81. The second-order valence-corrected chi connectivity index (χ2v) is 6.05. The van der Waals surface area contributed by atoms with E-state index < -0.39 is 5.97 Å². The Labute approximate surface area is 128 Å². The summed E-state index contributed by atoms with van der Waals surface area (Å²) in [6.07, 6.45) is 3.50. The number of rotatable bonds is 4. The monoisotopic (exact) mass is 308 g/mol. The quantitative estimate of drug-likeness (QED) is 0.928. The lowest BCUT2D eigenvalue weighted by Gasteiger charge is -2.33. The number of amides is 2. The summed E-state index contributed by atoms with van der Waals surface area (Å²) < 4.78 is 0. The second-order valence-electron chi connectivity index (χ2n) is 5.06. The molecule has 5 nitrogen and oxygen atoms in total. The number of urea groups is 1. The summed E-state index contributed by atoms with van der Waals surface area (Å²) >= 11 is 1.70. The molecule has 1 aromatic rings. The van der Waals surface area contributed by atoms with Crippen molar-refractivity contribution in [3.63, 3.8) is 0 Å². The first-order valence-corrected chi connectivity index (χ1v) is 8.32. The van der Waals surface area contributed by atoms with Crippen LogP contribution in [0.15, 0.2) is 18.2 Å². The molecule has 1 aromatic carbocycles. The van der Waals surface area contributed by atoms with Crippen molar-refractivity contribution >= 4 is 29.4 Å².